The Morgan fingerprint density at radius 3 is 2.50 bits per heavy atom. The van der Waals surface area contributed by atoms with E-state index in [-0.39, 0.29) is 24.2 Å². The Balaban J connectivity index is 1.27. The van der Waals surface area contributed by atoms with Gasteiger partial charge in [-0.25, -0.2) is 13.6 Å². The minimum absolute atomic E-state index is 0.0778. The van der Waals surface area contributed by atoms with E-state index >= 15 is 0 Å². The summed E-state index contributed by atoms with van der Waals surface area (Å²) in [5.41, 5.74) is 0.822. The maximum atomic E-state index is 14.8. The molecule has 0 spiro atoms. The van der Waals surface area contributed by atoms with Crippen molar-refractivity contribution in [1.82, 2.24) is 0 Å². The third-order valence-corrected chi connectivity index (χ3v) is 9.34. The largest absolute Gasteiger partial charge is 0.440 e. The lowest BCUT2D eigenvalue weighted by atomic mass is 9.83. The second kappa shape index (κ2) is 11.8. The maximum Gasteiger partial charge on any atom is 0.415 e. The third-order valence-electron chi connectivity index (χ3n) is 7.63. The summed E-state index contributed by atoms with van der Waals surface area (Å²) >= 11 is 14.2. The summed E-state index contributed by atoms with van der Waals surface area (Å²) < 4.78 is 35.2. The van der Waals surface area contributed by atoms with E-state index in [0.717, 1.165) is 54.2 Å². The molecule has 1 atom stereocenters. The van der Waals surface area contributed by atoms with Gasteiger partial charge in [-0.15, -0.1) is 11.8 Å². The molecule has 0 saturated carbocycles. The van der Waals surface area contributed by atoms with E-state index in [9.17, 15) is 13.6 Å². The highest BCUT2D eigenvalue weighted by Gasteiger charge is 2.47. The quantitative estimate of drug-likeness (QED) is 0.202. The van der Waals surface area contributed by atoms with Crippen LogP contribution in [0.5, 0.6) is 0 Å². The number of hydrogen-bond acceptors (Lipinski definition) is 3. The van der Waals surface area contributed by atoms with Crippen molar-refractivity contribution in [3.63, 3.8) is 0 Å². The van der Waals surface area contributed by atoms with Crippen LogP contribution in [0.15, 0.2) is 71.6 Å². The van der Waals surface area contributed by atoms with Gasteiger partial charge in [0.1, 0.15) is 18.2 Å². The molecule has 3 saturated heterocycles. The average molecular weight is 579 g/mol. The van der Waals surface area contributed by atoms with Gasteiger partial charge in [-0.1, -0.05) is 47.5 Å². The Morgan fingerprint density at radius 1 is 1.03 bits per heavy atom. The Kier molecular flexibility index (Phi) is 8.48. The number of amides is 1. The molecule has 3 aliphatic rings. The van der Waals surface area contributed by atoms with Gasteiger partial charge in [-0.3, -0.25) is 4.90 Å². The molecule has 0 aliphatic carbocycles. The molecule has 2 bridgehead atoms. The zero-order chi connectivity index (χ0) is 26.7. The number of fused-ring (bicyclic) bond motifs is 3. The van der Waals surface area contributed by atoms with Crippen molar-refractivity contribution >= 4 is 46.7 Å². The van der Waals surface area contributed by atoms with Crippen LogP contribution in [0.25, 0.3) is 0 Å². The van der Waals surface area contributed by atoms with Crippen molar-refractivity contribution in [2.24, 2.45) is 5.92 Å². The highest BCUT2D eigenvalue weighted by atomic mass is 35.5. The van der Waals surface area contributed by atoms with E-state index in [1.807, 2.05) is 12.1 Å². The SMILES string of the molecule is O=C(O[C@H]1C[N+]2(CCSc3cc(Cl)ccc3Cl)CCC1CC2)N(Cc1ccc(F)cc1)c1ccccc1F. The second-order valence-corrected chi connectivity index (χ2v) is 12.0. The van der Waals surface area contributed by atoms with Crippen LogP contribution in [0.4, 0.5) is 19.3 Å². The van der Waals surface area contributed by atoms with Crippen molar-refractivity contribution in [2.75, 3.05) is 36.8 Å². The molecule has 200 valence electrons. The molecule has 3 aromatic rings. The van der Waals surface area contributed by atoms with Gasteiger partial charge in [-0.2, -0.15) is 0 Å². The Labute approximate surface area is 236 Å². The lowest BCUT2D eigenvalue weighted by molar-refractivity contribution is -0.943. The Hall–Kier alpha value is -2.32. The number of carbonyl (C=O) groups is 1. The number of anilines is 1. The van der Waals surface area contributed by atoms with E-state index in [1.165, 1.54) is 23.1 Å². The first-order chi connectivity index (χ1) is 18.3. The topological polar surface area (TPSA) is 29.5 Å². The molecular weight excluding hydrogens is 549 g/mol. The number of halogens is 4. The zero-order valence-corrected chi connectivity index (χ0v) is 23.1. The summed E-state index contributed by atoms with van der Waals surface area (Å²) in [7, 11) is 0. The van der Waals surface area contributed by atoms with Crippen molar-refractivity contribution in [3.8, 4) is 0 Å². The number of piperidine rings is 3. The lowest BCUT2D eigenvalue weighted by Crippen LogP contribution is -2.65. The number of nitrogens with zero attached hydrogens (tertiary/aromatic N) is 2. The van der Waals surface area contributed by atoms with Gasteiger partial charge in [0.05, 0.1) is 36.9 Å². The van der Waals surface area contributed by atoms with Gasteiger partial charge < -0.3 is 9.22 Å². The van der Waals surface area contributed by atoms with E-state index < -0.39 is 11.9 Å². The Morgan fingerprint density at radius 2 is 1.76 bits per heavy atom. The fourth-order valence-corrected chi connectivity index (χ4v) is 7.12. The van der Waals surface area contributed by atoms with Crippen molar-refractivity contribution in [1.29, 1.82) is 0 Å². The van der Waals surface area contributed by atoms with Gasteiger partial charge in [0.15, 0.2) is 6.10 Å². The fraction of sp³-hybridized carbons (Fsp3) is 0.345. The van der Waals surface area contributed by atoms with Gasteiger partial charge >= 0.3 is 6.09 Å². The number of carbonyl (C=O) groups excluding carboxylic acids is 1. The maximum absolute atomic E-state index is 14.8. The van der Waals surface area contributed by atoms with E-state index in [2.05, 4.69) is 0 Å². The van der Waals surface area contributed by atoms with Crippen LogP contribution in [0, 0.1) is 17.6 Å². The molecule has 3 heterocycles. The van der Waals surface area contributed by atoms with Crippen molar-refractivity contribution in [3.05, 3.63) is 94.0 Å². The molecule has 3 aliphatic heterocycles. The second-order valence-electron chi connectivity index (χ2n) is 10.0. The molecule has 0 unspecified atom stereocenters. The molecule has 3 aromatic carbocycles. The Bertz CT molecular complexity index is 1290. The van der Waals surface area contributed by atoms with E-state index in [0.29, 0.717) is 21.5 Å². The molecule has 3 fully saturated rings. The van der Waals surface area contributed by atoms with Crippen molar-refractivity contribution < 1.29 is 22.8 Å². The van der Waals surface area contributed by atoms with Crippen LogP contribution in [0.2, 0.25) is 10.0 Å². The molecule has 6 rings (SSSR count). The smallest absolute Gasteiger partial charge is 0.415 e. The third kappa shape index (κ3) is 6.28. The molecular formula is C29H29Cl2F2N2O2S+. The summed E-state index contributed by atoms with van der Waals surface area (Å²) in [5.74, 6) is 0.283. The average Bonchev–Trinajstić information content (AvgIpc) is 2.91. The molecule has 9 heteroatoms. The van der Waals surface area contributed by atoms with Crippen LogP contribution >= 0.6 is 35.0 Å². The van der Waals surface area contributed by atoms with Crippen LogP contribution in [-0.4, -0.2) is 48.6 Å². The minimum atomic E-state index is -0.587. The van der Waals surface area contributed by atoms with Crippen LogP contribution in [0.3, 0.4) is 0 Å². The van der Waals surface area contributed by atoms with Gasteiger partial charge in [0.2, 0.25) is 0 Å². The van der Waals surface area contributed by atoms with Crippen LogP contribution in [-0.2, 0) is 11.3 Å². The van der Waals surface area contributed by atoms with Gasteiger partial charge in [0.25, 0.3) is 0 Å². The number of benzene rings is 3. The summed E-state index contributed by atoms with van der Waals surface area (Å²) in [6, 6.07) is 17.5. The predicted molar refractivity (Wildman–Crippen MR) is 149 cm³/mol. The summed E-state index contributed by atoms with van der Waals surface area (Å²) in [4.78, 5) is 15.8. The summed E-state index contributed by atoms with van der Waals surface area (Å²) in [5, 5.41) is 1.35. The van der Waals surface area contributed by atoms with Gasteiger partial charge in [0, 0.05) is 34.4 Å². The first-order valence-corrected chi connectivity index (χ1v) is 14.5. The number of thioether (sulfide) groups is 1. The highest BCUT2D eigenvalue weighted by molar-refractivity contribution is 7.99. The van der Waals surface area contributed by atoms with Gasteiger partial charge in [-0.05, 0) is 48.0 Å². The van der Waals surface area contributed by atoms with Crippen molar-refractivity contribution in [2.45, 2.75) is 30.4 Å². The van der Waals surface area contributed by atoms with E-state index in [4.69, 9.17) is 27.9 Å². The zero-order valence-electron chi connectivity index (χ0n) is 20.8. The number of ether oxygens (including phenoxy) is 1. The molecule has 4 nitrogen and oxygen atoms in total. The normalized spacial score (nSPS) is 22.3. The molecule has 0 N–H and O–H groups in total. The molecule has 0 aromatic heterocycles. The summed E-state index contributed by atoms with van der Waals surface area (Å²) in [6.07, 6.45) is 1.14. The van der Waals surface area contributed by atoms with Crippen LogP contribution < -0.4 is 4.90 Å². The monoisotopic (exact) mass is 577 g/mol. The first kappa shape index (κ1) is 27.3. The number of rotatable bonds is 8. The van der Waals surface area contributed by atoms with Crippen LogP contribution in [0.1, 0.15) is 18.4 Å². The minimum Gasteiger partial charge on any atom is -0.440 e. The molecule has 1 amide bonds. The molecule has 0 radical (unpaired) electrons. The highest BCUT2D eigenvalue weighted by Crippen LogP contribution is 2.38. The predicted octanol–water partition coefficient (Wildman–Crippen LogP) is 7.82. The fourth-order valence-electron chi connectivity index (χ4n) is 5.49. The standard InChI is InChI=1S/C29H29Cl2F2N2O2S/c30-22-7-10-24(31)28(17-22)38-16-15-35-13-11-21(12-14-35)27(19-35)37-29(36)34(26-4-2-1-3-25(26)33)18-20-5-8-23(32)9-6-20/h1-10,17,21,27H,11-16,18-19H2/q+1/t21?,27-,35?/m0/s1. The number of para-hydroxylation sites is 1. The number of quaternary nitrogens is 1. The molecule has 38 heavy (non-hydrogen) atoms. The lowest BCUT2D eigenvalue weighted by Gasteiger charge is -2.52. The summed E-state index contributed by atoms with van der Waals surface area (Å²) in [6.45, 7) is 3.85. The first-order valence-electron chi connectivity index (χ1n) is 12.7. The number of hydrogen-bond donors (Lipinski definition) is 0. The van der Waals surface area contributed by atoms with E-state index in [1.54, 1.807) is 48.2 Å².